The fourth-order valence-electron chi connectivity index (χ4n) is 2.66. The molecule has 2 atom stereocenters. The number of rotatable bonds is 4. The van der Waals surface area contributed by atoms with Gasteiger partial charge in [0, 0.05) is 6.04 Å². The Bertz CT molecular complexity index is 548. The normalized spacial score (nSPS) is 21.8. The van der Waals surface area contributed by atoms with E-state index in [1.165, 1.54) is 0 Å². The van der Waals surface area contributed by atoms with Crippen LogP contribution in [0.25, 0.3) is 0 Å². The molecule has 0 saturated heterocycles. The number of carboxylic acid groups (broad SMARTS) is 1. The standard InChI is InChI=1S/C15H17Cl2NO3/c16-12-5-4-9(6-13(12)17)7-14(19)18-11-3-1-2-10(8-11)15(20)21/h4-6,10-11H,1-3,7-8H2,(H,18,19)(H,20,21). The molecule has 114 valence electrons. The van der Waals surface area contributed by atoms with E-state index in [9.17, 15) is 9.59 Å². The molecule has 21 heavy (non-hydrogen) atoms. The lowest BCUT2D eigenvalue weighted by Gasteiger charge is -2.27. The van der Waals surface area contributed by atoms with Gasteiger partial charge in [-0.3, -0.25) is 9.59 Å². The van der Waals surface area contributed by atoms with E-state index in [1.54, 1.807) is 18.2 Å². The maximum Gasteiger partial charge on any atom is 0.306 e. The van der Waals surface area contributed by atoms with E-state index >= 15 is 0 Å². The van der Waals surface area contributed by atoms with Crippen LogP contribution in [0, 0.1) is 5.92 Å². The molecule has 1 amide bonds. The Balaban J connectivity index is 1.89. The topological polar surface area (TPSA) is 66.4 Å². The summed E-state index contributed by atoms with van der Waals surface area (Å²) in [6.07, 6.45) is 3.06. The summed E-state index contributed by atoms with van der Waals surface area (Å²) in [4.78, 5) is 23.0. The van der Waals surface area contributed by atoms with E-state index in [0.717, 1.165) is 18.4 Å². The smallest absolute Gasteiger partial charge is 0.306 e. The third-order valence-electron chi connectivity index (χ3n) is 3.74. The Morgan fingerprint density at radius 3 is 2.67 bits per heavy atom. The molecule has 4 nitrogen and oxygen atoms in total. The molecule has 1 aliphatic rings. The largest absolute Gasteiger partial charge is 0.481 e. The Morgan fingerprint density at radius 2 is 2.00 bits per heavy atom. The van der Waals surface area contributed by atoms with Gasteiger partial charge in [0.2, 0.25) is 5.91 Å². The lowest BCUT2D eigenvalue weighted by atomic mass is 9.85. The molecular formula is C15H17Cl2NO3. The van der Waals surface area contributed by atoms with Crippen LogP contribution in [0.3, 0.4) is 0 Å². The van der Waals surface area contributed by atoms with Gasteiger partial charge in [0.05, 0.1) is 22.4 Å². The zero-order valence-electron chi connectivity index (χ0n) is 11.4. The predicted octanol–water partition coefficient (Wildman–Crippen LogP) is 3.30. The third-order valence-corrected chi connectivity index (χ3v) is 4.48. The highest BCUT2D eigenvalue weighted by Crippen LogP contribution is 2.25. The highest BCUT2D eigenvalue weighted by molar-refractivity contribution is 6.42. The number of carbonyl (C=O) groups excluding carboxylic acids is 1. The summed E-state index contributed by atoms with van der Waals surface area (Å²) in [5.74, 6) is -1.25. The van der Waals surface area contributed by atoms with E-state index < -0.39 is 5.97 Å². The molecule has 1 aromatic carbocycles. The third kappa shape index (κ3) is 4.61. The van der Waals surface area contributed by atoms with Crippen molar-refractivity contribution >= 4 is 35.1 Å². The summed E-state index contributed by atoms with van der Waals surface area (Å²) < 4.78 is 0. The zero-order valence-corrected chi connectivity index (χ0v) is 13.0. The van der Waals surface area contributed by atoms with Crippen LogP contribution in [0.15, 0.2) is 18.2 Å². The van der Waals surface area contributed by atoms with Crippen molar-refractivity contribution in [2.75, 3.05) is 0 Å². The molecule has 2 unspecified atom stereocenters. The van der Waals surface area contributed by atoms with Crippen molar-refractivity contribution in [2.24, 2.45) is 5.92 Å². The Labute approximate surface area is 133 Å². The van der Waals surface area contributed by atoms with E-state index in [4.69, 9.17) is 28.3 Å². The van der Waals surface area contributed by atoms with Gasteiger partial charge in [-0.15, -0.1) is 0 Å². The van der Waals surface area contributed by atoms with Crippen molar-refractivity contribution < 1.29 is 14.7 Å². The van der Waals surface area contributed by atoms with Gasteiger partial charge in [-0.2, -0.15) is 0 Å². The Kier molecular flexibility index (Phi) is 5.48. The zero-order chi connectivity index (χ0) is 15.4. The number of nitrogens with one attached hydrogen (secondary N) is 1. The van der Waals surface area contributed by atoms with Gasteiger partial charge in [-0.1, -0.05) is 35.7 Å². The second kappa shape index (κ2) is 7.14. The second-order valence-corrected chi connectivity index (χ2v) is 6.21. The molecule has 0 aliphatic heterocycles. The number of aliphatic carboxylic acids is 1. The van der Waals surface area contributed by atoms with Crippen LogP contribution in [0.4, 0.5) is 0 Å². The quantitative estimate of drug-likeness (QED) is 0.890. The lowest BCUT2D eigenvalue weighted by Crippen LogP contribution is -2.40. The number of benzene rings is 1. The molecule has 0 aromatic heterocycles. The number of hydrogen-bond acceptors (Lipinski definition) is 2. The highest BCUT2D eigenvalue weighted by Gasteiger charge is 2.27. The van der Waals surface area contributed by atoms with Gasteiger partial charge in [0.1, 0.15) is 0 Å². The number of amides is 1. The SMILES string of the molecule is O=C(Cc1ccc(Cl)c(Cl)c1)NC1CCCC(C(=O)O)C1. The van der Waals surface area contributed by atoms with Gasteiger partial charge < -0.3 is 10.4 Å². The summed E-state index contributed by atoms with van der Waals surface area (Å²) in [7, 11) is 0. The minimum atomic E-state index is -0.779. The molecule has 0 radical (unpaired) electrons. The molecule has 2 N–H and O–H groups in total. The van der Waals surface area contributed by atoms with Gasteiger partial charge >= 0.3 is 5.97 Å². The van der Waals surface area contributed by atoms with Crippen LogP contribution in [-0.4, -0.2) is 23.0 Å². The van der Waals surface area contributed by atoms with Crippen LogP contribution in [-0.2, 0) is 16.0 Å². The average molecular weight is 330 g/mol. The van der Waals surface area contributed by atoms with Crippen molar-refractivity contribution in [2.45, 2.75) is 38.1 Å². The van der Waals surface area contributed by atoms with E-state index in [0.29, 0.717) is 22.9 Å². The fraction of sp³-hybridized carbons (Fsp3) is 0.467. The molecule has 6 heteroatoms. The van der Waals surface area contributed by atoms with Crippen LogP contribution >= 0.6 is 23.2 Å². The predicted molar refractivity (Wildman–Crippen MR) is 81.7 cm³/mol. The number of halogens is 2. The van der Waals surface area contributed by atoms with E-state index in [2.05, 4.69) is 5.32 Å². The second-order valence-electron chi connectivity index (χ2n) is 5.39. The first-order chi connectivity index (χ1) is 9.95. The van der Waals surface area contributed by atoms with Crippen molar-refractivity contribution in [3.63, 3.8) is 0 Å². The minimum Gasteiger partial charge on any atom is -0.481 e. The molecule has 1 saturated carbocycles. The summed E-state index contributed by atoms with van der Waals surface area (Å²) in [6, 6.07) is 5.03. The Hall–Kier alpha value is -1.26. The molecule has 2 rings (SSSR count). The molecule has 0 heterocycles. The fourth-order valence-corrected chi connectivity index (χ4v) is 2.98. The van der Waals surface area contributed by atoms with Crippen LogP contribution in [0.1, 0.15) is 31.2 Å². The molecule has 1 fully saturated rings. The van der Waals surface area contributed by atoms with E-state index in [1.807, 2.05) is 0 Å². The van der Waals surface area contributed by atoms with Crippen LogP contribution in [0.2, 0.25) is 10.0 Å². The minimum absolute atomic E-state index is 0.0601. The molecule has 0 bridgehead atoms. The lowest BCUT2D eigenvalue weighted by molar-refractivity contribution is -0.143. The molecular weight excluding hydrogens is 313 g/mol. The van der Waals surface area contributed by atoms with Crippen molar-refractivity contribution in [3.05, 3.63) is 33.8 Å². The van der Waals surface area contributed by atoms with Crippen LogP contribution < -0.4 is 5.32 Å². The first-order valence-electron chi connectivity index (χ1n) is 6.92. The van der Waals surface area contributed by atoms with Gasteiger partial charge in [0.15, 0.2) is 0 Å². The molecule has 1 aliphatic carbocycles. The highest BCUT2D eigenvalue weighted by atomic mass is 35.5. The average Bonchev–Trinajstić information content (AvgIpc) is 2.43. The van der Waals surface area contributed by atoms with Crippen LogP contribution in [0.5, 0.6) is 0 Å². The number of carboxylic acids is 1. The van der Waals surface area contributed by atoms with Gasteiger partial charge in [-0.25, -0.2) is 0 Å². The summed E-state index contributed by atoms with van der Waals surface area (Å²) in [5, 5.41) is 12.8. The summed E-state index contributed by atoms with van der Waals surface area (Å²) >= 11 is 11.7. The maximum absolute atomic E-state index is 12.0. The van der Waals surface area contributed by atoms with Crippen molar-refractivity contribution in [1.82, 2.24) is 5.32 Å². The van der Waals surface area contributed by atoms with E-state index in [-0.39, 0.29) is 24.3 Å². The number of hydrogen-bond donors (Lipinski definition) is 2. The first kappa shape index (κ1) is 16.1. The maximum atomic E-state index is 12.0. The van der Waals surface area contributed by atoms with Crippen molar-refractivity contribution in [1.29, 1.82) is 0 Å². The monoisotopic (exact) mass is 329 g/mol. The van der Waals surface area contributed by atoms with Crippen molar-refractivity contribution in [3.8, 4) is 0 Å². The molecule has 0 spiro atoms. The summed E-state index contributed by atoms with van der Waals surface area (Å²) in [5.41, 5.74) is 0.785. The molecule has 1 aromatic rings. The Morgan fingerprint density at radius 1 is 1.24 bits per heavy atom. The first-order valence-corrected chi connectivity index (χ1v) is 7.67. The summed E-state index contributed by atoms with van der Waals surface area (Å²) in [6.45, 7) is 0. The van der Waals surface area contributed by atoms with Gasteiger partial charge in [-0.05, 0) is 37.0 Å². The van der Waals surface area contributed by atoms with Gasteiger partial charge in [0.25, 0.3) is 0 Å². The number of carbonyl (C=O) groups is 2.